The van der Waals surface area contributed by atoms with E-state index in [0.29, 0.717) is 10.9 Å². The van der Waals surface area contributed by atoms with Crippen LogP contribution in [0, 0.1) is 0 Å². The Balaban J connectivity index is 1.79. The molecule has 0 radical (unpaired) electrons. The summed E-state index contributed by atoms with van der Waals surface area (Å²) >= 11 is 0. The van der Waals surface area contributed by atoms with Gasteiger partial charge in [-0.25, -0.2) is 13.1 Å². The van der Waals surface area contributed by atoms with E-state index in [1.807, 2.05) is 12.1 Å². The van der Waals surface area contributed by atoms with Crippen LogP contribution in [-0.4, -0.2) is 15.5 Å². The topological polar surface area (TPSA) is 58.2 Å². The molecule has 1 aliphatic rings. The molecule has 0 saturated carbocycles. The summed E-state index contributed by atoms with van der Waals surface area (Å²) in [4.78, 5) is 0.290. The van der Waals surface area contributed by atoms with Crippen LogP contribution in [0.3, 0.4) is 0 Å². The molecule has 25 heavy (non-hydrogen) atoms. The highest BCUT2D eigenvalue weighted by Gasteiger charge is 2.36. The van der Waals surface area contributed by atoms with Gasteiger partial charge in [0.15, 0.2) is 0 Å². The quantitative estimate of drug-likeness (QED) is 0.857. The average Bonchev–Trinajstić information content (AvgIpc) is 2.86. The molecule has 0 heterocycles. The fourth-order valence-electron chi connectivity index (χ4n) is 3.75. The van der Waals surface area contributed by atoms with E-state index in [2.05, 4.69) is 55.1 Å². The second kappa shape index (κ2) is 6.56. The van der Waals surface area contributed by atoms with Crippen molar-refractivity contribution in [2.45, 2.75) is 49.6 Å². The van der Waals surface area contributed by atoms with Crippen LogP contribution < -0.4 is 10.0 Å². The number of benzene rings is 2. The maximum absolute atomic E-state index is 11.8. The summed E-state index contributed by atoms with van der Waals surface area (Å²) in [5, 5.41) is 3.71. The maximum Gasteiger partial charge on any atom is 0.240 e. The molecule has 0 amide bonds. The van der Waals surface area contributed by atoms with E-state index in [1.165, 1.54) is 18.2 Å². The summed E-state index contributed by atoms with van der Waals surface area (Å²) < 4.78 is 26.0. The molecule has 0 bridgehead atoms. The van der Waals surface area contributed by atoms with Crippen LogP contribution in [0.4, 0.5) is 0 Å². The normalized spacial score (nSPS) is 20.2. The summed E-state index contributed by atoms with van der Waals surface area (Å²) in [5.74, 6) is 0. The van der Waals surface area contributed by atoms with Crippen LogP contribution in [-0.2, 0) is 15.4 Å². The minimum absolute atomic E-state index is 0.137. The third-order valence-corrected chi connectivity index (χ3v) is 6.62. The molecule has 0 aliphatic heterocycles. The van der Waals surface area contributed by atoms with E-state index < -0.39 is 10.0 Å². The Labute approximate surface area is 150 Å². The summed E-state index contributed by atoms with van der Waals surface area (Å²) in [7, 11) is -1.97. The van der Waals surface area contributed by atoms with Crippen molar-refractivity contribution in [3.63, 3.8) is 0 Å². The van der Waals surface area contributed by atoms with Crippen LogP contribution in [0.1, 0.15) is 56.0 Å². The largest absolute Gasteiger partial charge is 0.303 e. The van der Waals surface area contributed by atoms with Crippen LogP contribution in [0.5, 0.6) is 0 Å². The molecule has 2 aromatic carbocycles. The Bertz CT molecular complexity index is 858. The molecule has 2 unspecified atom stereocenters. The predicted octanol–water partition coefficient (Wildman–Crippen LogP) is 3.67. The predicted molar refractivity (Wildman–Crippen MR) is 101 cm³/mol. The van der Waals surface area contributed by atoms with Crippen molar-refractivity contribution in [3.05, 3.63) is 65.2 Å². The second-order valence-corrected chi connectivity index (χ2v) is 9.28. The van der Waals surface area contributed by atoms with E-state index in [1.54, 1.807) is 12.1 Å². The lowest BCUT2D eigenvalue weighted by molar-refractivity contribution is 0.397. The number of fused-ring (bicyclic) bond motifs is 1. The van der Waals surface area contributed by atoms with E-state index in [4.69, 9.17) is 0 Å². The van der Waals surface area contributed by atoms with E-state index in [-0.39, 0.29) is 11.5 Å². The Morgan fingerprint density at radius 1 is 1.08 bits per heavy atom. The zero-order valence-corrected chi connectivity index (χ0v) is 16.0. The van der Waals surface area contributed by atoms with Crippen LogP contribution in [0.25, 0.3) is 0 Å². The highest BCUT2D eigenvalue weighted by Crippen LogP contribution is 2.45. The minimum atomic E-state index is -3.39. The fraction of sp³-hybridized carbons (Fsp3) is 0.400. The van der Waals surface area contributed by atoms with Gasteiger partial charge in [0.05, 0.1) is 4.90 Å². The first kappa shape index (κ1) is 18.1. The van der Waals surface area contributed by atoms with Gasteiger partial charge < -0.3 is 5.32 Å². The van der Waals surface area contributed by atoms with Gasteiger partial charge in [0.1, 0.15) is 0 Å². The SMILES string of the molecule is CNS(=O)(=O)c1ccc(C(C)NC2CC(C)(C)c3ccccc32)cc1. The van der Waals surface area contributed by atoms with Gasteiger partial charge in [-0.15, -0.1) is 0 Å². The lowest BCUT2D eigenvalue weighted by atomic mass is 9.86. The molecule has 0 aromatic heterocycles. The lowest BCUT2D eigenvalue weighted by Gasteiger charge is -2.23. The summed E-state index contributed by atoms with van der Waals surface area (Å²) in [6, 6.07) is 16.2. The fourth-order valence-corrected chi connectivity index (χ4v) is 4.48. The molecule has 134 valence electrons. The number of sulfonamides is 1. The number of nitrogens with one attached hydrogen (secondary N) is 2. The van der Waals surface area contributed by atoms with E-state index in [9.17, 15) is 8.42 Å². The van der Waals surface area contributed by atoms with Gasteiger partial charge in [-0.1, -0.05) is 50.2 Å². The summed E-state index contributed by atoms with van der Waals surface area (Å²) in [6.07, 6.45) is 1.06. The van der Waals surface area contributed by atoms with Crippen molar-refractivity contribution in [3.8, 4) is 0 Å². The summed E-state index contributed by atoms with van der Waals surface area (Å²) in [6.45, 7) is 6.70. The molecule has 2 aromatic rings. The zero-order chi connectivity index (χ0) is 18.2. The van der Waals surface area contributed by atoms with Gasteiger partial charge in [-0.2, -0.15) is 0 Å². The smallest absolute Gasteiger partial charge is 0.240 e. The Hall–Kier alpha value is -1.69. The molecule has 2 atom stereocenters. The van der Waals surface area contributed by atoms with Gasteiger partial charge in [0.2, 0.25) is 10.0 Å². The van der Waals surface area contributed by atoms with Gasteiger partial charge in [0, 0.05) is 12.1 Å². The Morgan fingerprint density at radius 2 is 1.72 bits per heavy atom. The van der Waals surface area contributed by atoms with E-state index in [0.717, 1.165) is 12.0 Å². The minimum Gasteiger partial charge on any atom is -0.303 e. The highest BCUT2D eigenvalue weighted by molar-refractivity contribution is 7.89. The van der Waals surface area contributed by atoms with Crippen molar-refractivity contribution in [1.29, 1.82) is 0 Å². The number of rotatable bonds is 5. The molecule has 4 nitrogen and oxygen atoms in total. The first-order valence-electron chi connectivity index (χ1n) is 8.63. The highest BCUT2D eigenvalue weighted by atomic mass is 32.2. The standard InChI is InChI=1S/C20H26N2O2S/c1-14(15-9-11-16(12-10-15)25(23,24)21-4)22-19-13-20(2,3)18-8-6-5-7-17(18)19/h5-12,14,19,21-22H,13H2,1-4H3. The lowest BCUT2D eigenvalue weighted by Crippen LogP contribution is -2.24. The Kier molecular flexibility index (Phi) is 4.75. The van der Waals surface area contributed by atoms with Crippen molar-refractivity contribution in [2.24, 2.45) is 0 Å². The first-order valence-corrected chi connectivity index (χ1v) is 10.1. The van der Waals surface area contributed by atoms with Gasteiger partial charge in [0.25, 0.3) is 0 Å². The van der Waals surface area contributed by atoms with Crippen LogP contribution in [0.15, 0.2) is 53.4 Å². The van der Waals surface area contributed by atoms with Crippen LogP contribution in [0.2, 0.25) is 0 Å². The zero-order valence-electron chi connectivity index (χ0n) is 15.2. The molecule has 0 fully saturated rings. The third-order valence-electron chi connectivity index (χ3n) is 5.19. The molecular formula is C20H26N2O2S. The number of hydrogen-bond donors (Lipinski definition) is 2. The van der Waals surface area contributed by atoms with Crippen LogP contribution >= 0.6 is 0 Å². The van der Waals surface area contributed by atoms with E-state index >= 15 is 0 Å². The second-order valence-electron chi connectivity index (χ2n) is 7.39. The molecular weight excluding hydrogens is 332 g/mol. The first-order chi connectivity index (χ1) is 11.7. The molecule has 0 saturated heterocycles. The average molecular weight is 359 g/mol. The molecule has 3 rings (SSSR count). The maximum atomic E-state index is 11.8. The van der Waals surface area contributed by atoms with Gasteiger partial charge >= 0.3 is 0 Å². The van der Waals surface area contributed by atoms with Crippen molar-refractivity contribution >= 4 is 10.0 Å². The third kappa shape index (κ3) is 3.50. The summed E-state index contributed by atoms with van der Waals surface area (Å²) in [5.41, 5.74) is 4.03. The Morgan fingerprint density at radius 3 is 2.36 bits per heavy atom. The molecule has 2 N–H and O–H groups in total. The number of hydrogen-bond acceptors (Lipinski definition) is 3. The van der Waals surface area contributed by atoms with Crippen molar-refractivity contribution in [1.82, 2.24) is 10.0 Å². The van der Waals surface area contributed by atoms with Gasteiger partial charge in [-0.05, 0) is 54.6 Å². The van der Waals surface area contributed by atoms with Gasteiger partial charge in [-0.3, -0.25) is 0 Å². The molecule has 5 heteroatoms. The van der Waals surface area contributed by atoms with Crippen molar-refractivity contribution < 1.29 is 8.42 Å². The van der Waals surface area contributed by atoms with Crippen molar-refractivity contribution in [2.75, 3.05) is 7.05 Å². The monoisotopic (exact) mass is 358 g/mol. The molecule has 1 aliphatic carbocycles. The molecule has 0 spiro atoms.